The highest BCUT2D eigenvalue weighted by molar-refractivity contribution is 5.97. The minimum absolute atomic E-state index is 0.0375. The molecule has 0 aliphatic carbocycles. The summed E-state index contributed by atoms with van der Waals surface area (Å²) >= 11 is 0. The molecular formula is C13H19NO3. The predicted molar refractivity (Wildman–Crippen MR) is 66.4 cm³/mol. The van der Waals surface area contributed by atoms with E-state index in [2.05, 4.69) is 0 Å². The van der Waals surface area contributed by atoms with Gasteiger partial charge in [-0.3, -0.25) is 9.69 Å². The molecule has 0 radical (unpaired) electrons. The Morgan fingerprint density at radius 2 is 2.00 bits per heavy atom. The number of phenolic OH excluding ortho intramolecular Hbond substituents is 1. The van der Waals surface area contributed by atoms with Crippen LogP contribution < -0.4 is 0 Å². The van der Waals surface area contributed by atoms with Crippen molar-refractivity contribution in [3.63, 3.8) is 0 Å². The summed E-state index contributed by atoms with van der Waals surface area (Å²) in [4.78, 5) is 13.9. The van der Waals surface area contributed by atoms with E-state index in [4.69, 9.17) is 9.84 Å². The number of hydrogen-bond donors (Lipinski definition) is 1. The molecule has 1 aromatic carbocycles. The van der Waals surface area contributed by atoms with Gasteiger partial charge in [0.15, 0.2) is 5.78 Å². The molecule has 0 fully saturated rings. The standard InChI is InChI=1S/C13H19NO3/c1-10(9-17-3)14(2)8-13(16)11-4-6-12(15)7-5-11/h4-7,10,15H,8-9H2,1-3H3. The lowest BCUT2D eigenvalue weighted by molar-refractivity contribution is 0.0841. The number of hydrogen-bond acceptors (Lipinski definition) is 4. The van der Waals surface area contributed by atoms with Gasteiger partial charge in [0.1, 0.15) is 5.75 Å². The second kappa shape index (κ2) is 6.37. The molecular weight excluding hydrogens is 218 g/mol. The number of carbonyl (C=O) groups excluding carboxylic acids is 1. The van der Waals surface area contributed by atoms with Crippen molar-refractivity contribution in [3.05, 3.63) is 29.8 Å². The lowest BCUT2D eigenvalue weighted by Crippen LogP contribution is -2.36. The molecule has 0 amide bonds. The number of phenols is 1. The Balaban J connectivity index is 2.57. The fourth-order valence-electron chi connectivity index (χ4n) is 1.49. The molecule has 1 unspecified atom stereocenters. The van der Waals surface area contributed by atoms with Crippen molar-refractivity contribution in [3.8, 4) is 5.75 Å². The molecule has 0 bridgehead atoms. The zero-order valence-electron chi connectivity index (χ0n) is 10.5. The van der Waals surface area contributed by atoms with Crippen molar-refractivity contribution in [1.82, 2.24) is 4.90 Å². The third-order valence-corrected chi connectivity index (χ3v) is 2.74. The number of nitrogens with zero attached hydrogens (tertiary/aromatic N) is 1. The van der Waals surface area contributed by atoms with Gasteiger partial charge in [0.05, 0.1) is 13.2 Å². The molecule has 0 spiro atoms. The highest BCUT2D eigenvalue weighted by Crippen LogP contribution is 2.10. The van der Waals surface area contributed by atoms with E-state index in [1.165, 1.54) is 12.1 Å². The molecule has 94 valence electrons. The van der Waals surface area contributed by atoms with E-state index in [-0.39, 0.29) is 17.6 Å². The van der Waals surface area contributed by atoms with Crippen LogP contribution in [0.4, 0.5) is 0 Å². The van der Waals surface area contributed by atoms with E-state index in [0.29, 0.717) is 18.7 Å². The smallest absolute Gasteiger partial charge is 0.176 e. The highest BCUT2D eigenvalue weighted by Gasteiger charge is 2.14. The topological polar surface area (TPSA) is 49.8 Å². The number of benzene rings is 1. The summed E-state index contributed by atoms with van der Waals surface area (Å²) in [5, 5.41) is 9.14. The molecule has 0 aliphatic rings. The van der Waals surface area contributed by atoms with Crippen molar-refractivity contribution in [2.75, 3.05) is 27.3 Å². The van der Waals surface area contributed by atoms with Gasteiger partial charge in [-0.2, -0.15) is 0 Å². The Morgan fingerprint density at radius 3 is 2.53 bits per heavy atom. The molecule has 1 rings (SSSR count). The van der Waals surface area contributed by atoms with E-state index in [1.54, 1.807) is 19.2 Å². The number of aromatic hydroxyl groups is 1. The van der Waals surface area contributed by atoms with E-state index >= 15 is 0 Å². The molecule has 0 saturated heterocycles. The average Bonchev–Trinajstić information content (AvgIpc) is 2.30. The molecule has 1 atom stereocenters. The summed E-state index contributed by atoms with van der Waals surface area (Å²) in [6, 6.07) is 6.50. The molecule has 0 heterocycles. The predicted octanol–water partition coefficient (Wildman–Crippen LogP) is 1.54. The number of Topliss-reactive ketones (excluding diaryl/α,β-unsaturated/α-hetero) is 1. The molecule has 1 aromatic rings. The maximum absolute atomic E-state index is 11.9. The molecule has 0 aromatic heterocycles. The lowest BCUT2D eigenvalue weighted by atomic mass is 10.1. The number of carbonyl (C=O) groups is 1. The summed E-state index contributed by atoms with van der Waals surface area (Å²) < 4.78 is 5.04. The van der Waals surface area contributed by atoms with Crippen molar-refractivity contribution in [1.29, 1.82) is 0 Å². The number of ether oxygens (including phenoxy) is 1. The van der Waals surface area contributed by atoms with Gasteiger partial charge in [-0.25, -0.2) is 0 Å². The third kappa shape index (κ3) is 4.17. The fourth-order valence-corrected chi connectivity index (χ4v) is 1.49. The Labute approximate surface area is 102 Å². The second-order valence-corrected chi connectivity index (χ2v) is 4.19. The Morgan fingerprint density at radius 1 is 1.41 bits per heavy atom. The second-order valence-electron chi connectivity index (χ2n) is 4.19. The van der Waals surface area contributed by atoms with E-state index in [1.807, 2.05) is 18.9 Å². The summed E-state index contributed by atoms with van der Waals surface area (Å²) in [6.45, 7) is 2.95. The van der Waals surface area contributed by atoms with Crippen molar-refractivity contribution >= 4 is 5.78 Å². The van der Waals surface area contributed by atoms with Gasteiger partial charge in [0.2, 0.25) is 0 Å². The van der Waals surface area contributed by atoms with Crippen LogP contribution >= 0.6 is 0 Å². The van der Waals surface area contributed by atoms with E-state index < -0.39 is 0 Å². The van der Waals surface area contributed by atoms with Crippen LogP contribution in [0.15, 0.2) is 24.3 Å². The van der Waals surface area contributed by atoms with Crippen molar-refractivity contribution in [2.45, 2.75) is 13.0 Å². The van der Waals surface area contributed by atoms with Gasteiger partial charge in [-0.1, -0.05) is 0 Å². The monoisotopic (exact) mass is 237 g/mol. The number of rotatable bonds is 6. The van der Waals surface area contributed by atoms with Crippen LogP contribution in [0.2, 0.25) is 0 Å². The maximum Gasteiger partial charge on any atom is 0.176 e. The zero-order chi connectivity index (χ0) is 12.8. The first-order chi connectivity index (χ1) is 8.04. The number of methoxy groups -OCH3 is 1. The lowest BCUT2D eigenvalue weighted by Gasteiger charge is -2.23. The molecule has 0 saturated carbocycles. The van der Waals surface area contributed by atoms with Crippen LogP contribution in [0.3, 0.4) is 0 Å². The summed E-state index contributed by atoms with van der Waals surface area (Å²) in [5.41, 5.74) is 0.610. The maximum atomic E-state index is 11.9. The van der Waals surface area contributed by atoms with E-state index in [0.717, 1.165) is 0 Å². The van der Waals surface area contributed by atoms with E-state index in [9.17, 15) is 4.79 Å². The Bertz CT molecular complexity index is 361. The molecule has 1 N–H and O–H groups in total. The van der Waals surface area contributed by atoms with Crippen molar-refractivity contribution < 1.29 is 14.6 Å². The zero-order valence-corrected chi connectivity index (χ0v) is 10.5. The normalized spacial score (nSPS) is 12.7. The quantitative estimate of drug-likeness (QED) is 0.762. The van der Waals surface area contributed by atoms with Gasteiger partial charge in [0, 0.05) is 18.7 Å². The van der Waals surface area contributed by atoms with Crippen LogP contribution in [0.5, 0.6) is 5.75 Å². The number of likely N-dealkylation sites (N-methyl/N-ethyl adjacent to an activating group) is 1. The molecule has 4 heteroatoms. The van der Waals surface area contributed by atoms with Gasteiger partial charge in [0.25, 0.3) is 0 Å². The van der Waals surface area contributed by atoms with Gasteiger partial charge >= 0.3 is 0 Å². The van der Waals surface area contributed by atoms with Gasteiger partial charge in [-0.15, -0.1) is 0 Å². The van der Waals surface area contributed by atoms with Crippen LogP contribution in [0.25, 0.3) is 0 Å². The van der Waals surface area contributed by atoms with Crippen LogP contribution in [-0.2, 0) is 4.74 Å². The first-order valence-electron chi connectivity index (χ1n) is 5.56. The largest absolute Gasteiger partial charge is 0.508 e. The van der Waals surface area contributed by atoms with Gasteiger partial charge in [-0.05, 0) is 38.2 Å². The summed E-state index contributed by atoms with van der Waals surface area (Å²) in [7, 11) is 3.54. The Hall–Kier alpha value is -1.39. The summed E-state index contributed by atoms with van der Waals surface area (Å²) in [6.07, 6.45) is 0. The third-order valence-electron chi connectivity index (χ3n) is 2.74. The van der Waals surface area contributed by atoms with Crippen LogP contribution in [-0.4, -0.2) is 49.1 Å². The Kier molecular flexibility index (Phi) is 5.12. The SMILES string of the molecule is COCC(C)N(C)CC(=O)c1ccc(O)cc1. The van der Waals surface area contributed by atoms with Crippen LogP contribution in [0.1, 0.15) is 17.3 Å². The molecule has 17 heavy (non-hydrogen) atoms. The fraction of sp³-hybridized carbons (Fsp3) is 0.462. The van der Waals surface area contributed by atoms with Crippen LogP contribution in [0, 0.1) is 0 Å². The summed E-state index contributed by atoms with van der Waals surface area (Å²) in [5.74, 6) is 0.207. The molecule has 0 aliphatic heterocycles. The van der Waals surface area contributed by atoms with Gasteiger partial charge < -0.3 is 9.84 Å². The first kappa shape index (κ1) is 13.7. The first-order valence-corrected chi connectivity index (χ1v) is 5.56. The average molecular weight is 237 g/mol. The minimum Gasteiger partial charge on any atom is -0.508 e. The highest BCUT2D eigenvalue weighted by atomic mass is 16.5. The van der Waals surface area contributed by atoms with Crippen molar-refractivity contribution in [2.24, 2.45) is 0 Å². The number of ketones is 1. The minimum atomic E-state index is 0.0375. The molecule has 4 nitrogen and oxygen atoms in total.